The van der Waals surface area contributed by atoms with Crippen molar-refractivity contribution in [3.8, 4) is 0 Å². The van der Waals surface area contributed by atoms with Crippen LogP contribution in [0.15, 0.2) is 0 Å². The molecule has 2 atom stereocenters. The van der Waals surface area contributed by atoms with Crippen LogP contribution >= 0.6 is 11.8 Å². The van der Waals surface area contributed by atoms with Gasteiger partial charge in [-0.1, -0.05) is 0 Å². The van der Waals surface area contributed by atoms with Crippen LogP contribution in [0.1, 0.15) is 12.8 Å². The average Bonchev–Trinajstić information content (AvgIpc) is 2.00. The number of nitrogens with zero attached hydrogens (tertiary/aromatic N) is 1. The van der Waals surface area contributed by atoms with Gasteiger partial charge in [-0.3, -0.25) is 4.79 Å². The lowest BCUT2D eigenvalue weighted by atomic mass is 10.1. The Bertz CT molecular complexity index is 213. The molecule has 2 unspecified atom stereocenters. The summed E-state index contributed by atoms with van der Waals surface area (Å²) >= 11 is 1.78. The zero-order valence-corrected chi connectivity index (χ0v) is 7.55. The van der Waals surface area contributed by atoms with E-state index in [1.54, 1.807) is 11.8 Å². The van der Waals surface area contributed by atoms with Crippen LogP contribution in [0, 0.1) is 0 Å². The predicted octanol–water partition coefficient (Wildman–Crippen LogP) is 0.292. The van der Waals surface area contributed by atoms with Crippen LogP contribution in [0.4, 0.5) is 0 Å². The third-order valence-corrected chi connectivity index (χ3v) is 3.81. The number of rotatable bonds is 3. The topological polar surface area (TPSA) is 37.4 Å². The fourth-order valence-corrected chi connectivity index (χ4v) is 2.97. The van der Waals surface area contributed by atoms with E-state index in [-0.39, 0.29) is 11.2 Å². The summed E-state index contributed by atoms with van der Waals surface area (Å²) in [6.07, 6.45) is 2.41. The molecule has 2 bridgehead atoms. The number of fused-ring (bicyclic) bond motifs is 2. The molecule has 3 nitrogen and oxygen atoms in total. The van der Waals surface area contributed by atoms with Crippen LogP contribution < -0.4 is 0 Å². The van der Waals surface area contributed by atoms with Crippen molar-refractivity contribution >= 4 is 24.0 Å². The molecule has 3 heterocycles. The third-order valence-electron chi connectivity index (χ3n) is 2.36. The number of aldehydes is 1. The van der Waals surface area contributed by atoms with Gasteiger partial charge in [0.25, 0.3) is 0 Å². The molecule has 3 aliphatic heterocycles. The van der Waals surface area contributed by atoms with E-state index in [0.29, 0.717) is 18.2 Å². The van der Waals surface area contributed by atoms with Gasteiger partial charge in [0.05, 0.1) is 5.25 Å². The summed E-state index contributed by atoms with van der Waals surface area (Å²) in [6.45, 7) is 1.48. The third kappa shape index (κ3) is 1.24. The Balaban J connectivity index is 1.90. The molecule has 3 saturated heterocycles. The Kier molecular flexibility index (Phi) is 2.09. The summed E-state index contributed by atoms with van der Waals surface area (Å²) in [6, 6.07) is 0. The number of hydrogen-bond donors (Lipinski definition) is 0. The largest absolute Gasteiger partial charge is 0.340 e. The van der Waals surface area contributed by atoms with Crippen molar-refractivity contribution in [2.24, 2.45) is 0 Å². The van der Waals surface area contributed by atoms with E-state index in [2.05, 4.69) is 0 Å². The molecule has 3 fully saturated rings. The van der Waals surface area contributed by atoms with Crippen LogP contribution in [0.5, 0.6) is 0 Å². The maximum atomic E-state index is 11.5. The first-order chi connectivity index (χ1) is 5.81. The molecule has 3 rings (SSSR count). The van der Waals surface area contributed by atoms with Crippen LogP contribution in [0.3, 0.4) is 0 Å². The smallest absolute Gasteiger partial charge is 0.235 e. The van der Waals surface area contributed by atoms with Crippen molar-refractivity contribution in [1.82, 2.24) is 4.90 Å². The summed E-state index contributed by atoms with van der Waals surface area (Å²) in [5.41, 5.74) is 0. The number of carbonyl (C=O) groups is 2. The van der Waals surface area contributed by atoms with Gasteiger partial charge in [-0.2, -0.15) is 0 Å². The van der Waals surface area contributed by atoms with Gasteiger partial charge < -0.3 is 9.69 Å². The SMILES string of the molecule is O=CCCN1CC2CC(S2)C1=O. The highest BCUT2D eigenvalue weighted by Crippen LogP contribution is 2.42. The fourth-order valence-electron chi connectivity index (χ4n) is 1.69. The first-order valence-electron chi connectivity index (χ1n) is 4.19. The number of amides is 1. The van der Waals surface area contributed by atoms with Gasteiger partial charge in [0.2, 0.25) is 5.91 Å². The minimum absolute atomic E-state index is 0.218. The number of hydrogen-bond acceptors (Lipinski definition) is 3. The Labute approximate surface area is 75.5 Å². The standard InChI is InChI=1S/C8H11NO2S/c10-3-1-2-9-5-6-4-7(12-6)8(9)11/h3,6-7H,1-2,4-5H2. The van der Waals surface area contributed by atoms with E-state index in [4.69, 9.17) is 0 Å². The van der Waals surface area contributed by atoms with E-state index in [9.17, 15) is 9.59 Å². The lowest BCUT2D eigenvalue weighted by Gasteiger charge is -2.45. The van der Waals surface area contributed by atoms with Crippen molar-refractivity contribution in [2.75, 3.05) is 13.1 Å². The van der Waals surface area contributed by atoms with Crippen molar-refractivity contribution in [1.29, 1.82) is 0 Å². The normalized spacial score (nSPS) is 33.0. The van der Waals surface area contributed by atoms with Crippen LogP contribution in [-0.2, 0) is 9.59 Å². The fraction of sp³-hybridized carbons (Fsp3) is 0.750. The highest BCUT2D eigenvalue weighted by Gasteiger charge is 2.43. The second-order valence-corrected chi connectivity index (χ2v) is 4.73. The highest BCUT2D eigenvalue weighted by atomic mass is 32.2. The minimum atomic E-state index is 0.218. The number of piperidine rings is 1. The Morgan fingerprint density at radius 1 is 1.67 bits per heavy atom. The number of thioether (sulfide) groups is 1. The van der Waals surface area contributed by atoms with Gasteiger partial charge >= 0.3 is 0 Å². The zero-order chi connectivity index (χ0) is 8.55. The average molecular weight is 185 g/mol. The summed E-state index contributed by atoms with van der Waals surface area (Å²) in [5, 5.41) is 0.870. The summed E-state index contributed by atoms with van der Waals surface area (Å²) in [7, 11) is 0. The molecule has 0 saturated carbocycles. The molecule has 0 aromatic heterocycles. The highest BCUT2D eigenvalue weighted by molar-refractivity contribution is 8.02. The van der Waals surface area contributed by atoms with Gasteiger partial charge in [-0.15, -0.1) is 11.8 Å². The molecule has 4 heteroatoms. The van der Waals surface area contributed by atoms with E-state index >= 15 is 0 Å². The van der Waals surface area contributed by atoms with E-state index in [0.717, 1.165) is 19.3 Å². The molecule has 3 aliphatic rings. The molecule has 66 valence electrons. The lowest BCUT2D eigenvalue weighted by Crippen LogP contribution is -2.55. The number of carbonyl (C=O) groups excluding carboxylic acids is 2. The molecular weight excluding hydrogens is 174 g/mol. The molecule has 0 aliphatic carbocycles. The molecule has 0 N–H and O–H groups in total. The maximum Gasteiger partial charge on any atom is 0.235 e. The summed E-state index contributed by atoms with van der Waals surface area (Å²) < 4.78 is 0. The van der Waals surface area contributed by atoms with Gasteiger partial charge in [0, 0.05) is 24.8 Å². The molecular formula is C8H11NO2S. The van der Waals surface area contributed by atoms with Crippen LogP contribution in [-0.4, -0.2) is 40.7 Å². The maximum absolute atomic E-state index is 11.5. The Morgan fingerprint density at radius 2 is 2.42 bits per heavy atom. The van der Waals surface area contributed by atoms with Crippen LogP contribution in [0.2, 0.25) is 0 Å². The summed E-state index contributed by atoms with van der Waals surface area (Å²) in [4.78, 5) is 23.4. The quantitative estimate of drug-likeness (QED) is 0.593. The van der Waals surface area contributed by atoms with Crippen molar-refractivity contribution < 1.29 is 9.59 Å². The molecule has 0 spiro atoms. The lowest BCUT2D eigenvalue weighted by molar-refractivity contribution is -0.133. The molecule has 0 aromatic carbocycles. The van der Waals surface area contributed by atoms with Gasteiger partial charge in [0.1, 0.15) is 6.29 Å². The minimum Gasteiger partial charge on any atom is -0.340 e. The van der Waals surface area contributed by atoms with Crippen molar-refractivity contribution in [3.05, 3.63) is 0 Å². The molecule has 1 amide bonds. The molecule has 0 radical (unpaired) electrons. The van der Waals surface area contributed by atoms with Crippen LogP contribution in [0.25, 0.3) is 0 Å². The van der Waals surface area contributed by atoms with Crippen molar-refractivity contribution in [2.45, 2.75) is 23.3 Å². The van der Waals surface area contributed by atoms with E-state index in [1.165, 1.54) is 0 Å². The first kappa shape index (κ1) is 8.10. The van der Waals surface area contributed by atoms with Gasteiger partial charge in [-0.25, -0.2) is 0 Å². The zero-order valence-electron chi connectivity index (χ0n) is 6.73. The monoisotopic (exact) mass is 185 g/mol. The van der Waals surface area contributed by atoms with Crippen molar-refractivity contribution in [3.63, 3.8) is 0 Å². The van der Waals surface area contributed by atoms with Gasteiger partial charge in [0.15, 0.2) is 0 Å². The molecule has 0 aromatic rings. The second kappa shape index (κ2) is 3.09. The molecule has 12 heavy (non-hydrogen) atoms. The Hall–Kier alpha value is -0.510. The Morgan fingerprint density at radius 3 is 3.00 bits per heavy atom. The first-order valence-corrected chi connectivity index (χ1v) is 5.13. The van der Waals surface area contributed by atoms with E-state index in [1.807, 2.05) is 4.90 Å². The van der Waals surface area contributed by atoms with Gasteiger partial charge in [-0.05, 0) is 6.42 Å². The van der Waals surface area contributed by atoms with E-state index < -0.39 is 0 Å². The second-order valence-electron chi connectivity index (χ2n) is 3.22. The predicted molar refractivity (Wildman–Crippen MR) is 47.0 cm³/mol. The summed E-state index contributed by atoms with van der Waals surface area (Å²) in [5.74, 6) is 0.240.